The second kappa shape index (κ2) is 9.00. The summed E-state index contributed by atoms with van der Waals surface area (Å²) in [5, 5.41) is 22.8. The van der Waals surface area contributed by atoms with Gasteiger partial charge < -0.3 is 14.8 Å². The molecule has 0 aromatic heterocycles. The van der Waals surface area contributed by atoms with Crippen LogP contribution in [0.5, 0.6) is 11.5 Å². The molecule has 0 spiro atoms. The molecule has 1 amide bonds. The number of para-hydroxylation sites is 2. The largest absolute Gasteiger partial charge is 0.493 e. The van der Waals surface area contributed by atoms with E-state index < -0.39 is 10.8 Å². The van der Waals surface area contributed by atoms with Crippen molar-refractivity contribution in [3.05, 3.63) is 61.2 Å². The van der Waals surface area contributed by atoms with Gasteiger partial charge in [0.25, 0.3) is 11.6 Å². The summed E-state index contributed by atoms with van der Waals surface area (Å²) in [6.07, 6.45) is 1.37. The number of amides is 1. The van der Waals surface area contributed by atoms with Crippen molar-refractivity contribution in [1.82, 2.24) is 0 Å². The zero-order valence-electron chi connectivity index (χ0n) is 14.4. The van der Waals surface area contributed by atoms with Crippen molar-refractivity contribution >= 4 is 45.9 Å². The molecule has 1 N–H and O–H groups in total. The molecule has 0 unspecified atom stereocenters. The molecule has 0 fully saturated rings. The van der Waals surface area contributed by atoms with E-state index >= 15 is 0 Å². The number of benzene rings is 2. The first kappa shape index (κ1) is 20.2. The Morgan fingerprint density at radius 2 is 2.00 bits per heavy atom. The number of carbonyl (C=O) groups excluding carboxylic acids is 1. The highest BCUT2D eigenvalue weighted by Crippen LogP contribution is 2.34. The van der Waals surface area contributed by atoms with E-state index in [4.69, 9.17) is 9.47 Å². The monoisotopic (exact) mass is 479 g/mol. The maximum atomic E-state index is 12.4. The Balaban J connectivity index is 2.37. The molecule has 8 nitrogen and oxygen atoms in total. The topological polar surface area (TPSA) is 114 Å². The van der Waals surface area contributed by atoms with Crippen LogP contribution < -0.4 is 14.8 Å². The van der Waals surface area contributed by atoms with Crippen molar-refractivity contribution in [1.29, 1.82) is 5.26 Å². The van der Waals surface area contributed by atoms with Crippen LogP contribution >= 0.6 is 22.6 Å². The Morgan fingerprint density at radius 1 is 1.30 bits per heavy atom. The number of nitrogens with one attached hydrogen (secondary N) is 1. The number of ether oxygens (including phenoxy) is 2. The van der Waals surface area contributed by atoms with Crippen molar-refractivity contribution in [3.63, 3.8) is 0 Å². The highest BCUT2D eigenvalue weighted by Gasteiger charge is 2.18. The predicted molar refractivity (Wildman–Crippen MR) is 108 cm³/mol. The van der Waals surface area contributed by atoms with Crippen LogP contribution in [0.3, 0.4) is 0 Å². The van der Waals surface area contributed by atoms with Crippen LogP contribution in [-0.2, 0) is 4.79 Å². The van der Waals surface area contributed by atoms with Gasteiger partial charge in [0.15, 0.2) is 11.5 Å². The minimum Gasteiger partial charge on any atom is -0.493 e. The van der Waals surface area contributed by atoms with Crippen LogP contribution in [0.2, 0.25) is 0 Å². The van der Waals surface area contributed by atoms with E-state index in [0.29, 0.717) is 17.1 Å². The molecule has 0 bridgehead atoms. The van der Waals surface area contributed by atoms with Crippen LogP contribution in [-0.4, -0.2) is 25.1 Å². The van der Waals surface area contributed by atoms with Crippen molar-refractivity contribution in [2.45, 2.75) is 0 Å². The molecule has 0 saturated carbocycles. The Bertz CT molecular complexity index is 966. The van der Waals surface area contributed by atoms with Gasteiger partial charge >= 0.3 is 0 Å². The van der Waals surface area contributed by atoms with E-state index in [1.54, 1.807) is 18.2 Å². The van der Waals surface area contributed by atoms with E-state index in [2.05, 4.69) is 5.32 Å². The summed E-state index contributed by atoms with van der Waals surface area (Å²) in [6, 6.07) is 10.8. The first-order valence-corrected chi connectivity index (χ1v) is 8.57. The van der Waals surface area contributed by atoms with Crippen LogP contribution in [0.15, 0.2) is 42.0 Å². The second-order valence-corrected chi connectivity index (χ2v) is 6.30. The highest BCUT2D eigenvalue weighted by atomic mass is 127. The van der Waals surface area contributed by atoms with E-state index in [1.807, 2.05) is 28.7 Å². The molecule has 138 valence electrons. The van der Waals surface area contributed by atoms with Gasteiger partial charge in [0.05, 0.1) is 22.7 Å². The van der Waals surface area contributed by atoms with E-state index in [-0.39, 0.29) is 16.9 Å². The molecule has 0 aliphatic rings. The molecular weight excluding hydrogens is 465 g/mol. The molecule has 0 saturated heterocycles. The van der Waals surface area contributed by atoms with Gasteiger partial charge in [-0.3, -0.25) is 14.9 Å². The fourth-order valence-electron chi connectivity index (χ4n) is 2.26. The van der Waals surface area contributed by atoms with Crippen molar-refractivity contribution in [3.8, 4) is 17.6 Å². The lowest BCUT2D eigenvalue weighted by Gasteiger charge is -2.11. The summed E-state index contributed by atoms with van der Waals surface area (Å²) in [5.41, 5.74) is 0.0850. The predicted octanol–water partition coefficient (Wildman–Crippen LogP) is 3.76. The van der Waals surface area contributed by atoms with Crippen LogP contribution in [0.4, 0.5) is 11.4 Å². The van der Waals surface area contributed by atoms with Crippen molar-refractivity contribution in [2.75, 3.05) is 19.5 Å². The summed E-state index contributed by atoms with van der Waals surface area (Å²) >= 11 is 2.05. The summed E-state index contributed by atoms with van der Waals surface area (Å²) in [6.45, 7) is 0. The minimum absolute atomic E-state index is 0.00976. The maximum Gasteiger partial charge on any atom is 0.292 e. The second-order valence-electron chi connectivity index (χ2n) is 5.14. The Kier molecular flexibility index (Phi) is 6.73. The number of nitriles is 1. The van der Waals surface area contributed by atoms with E-state index in [9.17, 15) is 20.2 Å². The molecule has 2 aromatic carbocycles. The minimum atomic E-state index is -0.753. The Morgan fingerprint density at radius 3 is 2.59 bits per heavy atom. The molecule has 27 heavy (non-hydrogen) atoms. The summed E-state index contributed by atoms with van der Waals surface area (Å²) in [7, 11) is 2.99. The summed E-state index contributed by atoms with van der Waals surface area (Å²) < 4.78 is 11.2. The van der Waals surface area contributed by atoms with Gasteiger partial charge in [0, 0.05) is 6.07 Å². The maximum absolute atomic E-state index is 12.4. The number of nitrogens with zero attached hydrogens (tertiary/aromatic N) is 2. The number of nitro benzene ring substituents is 1. The zero-order chi connectivity index (χ0) is 20.0. The third-order valence-electron chi connectivity index (χ3n) is 3.48. The molecule has 0 heterocycles. The fraction of sp³-hybridized carbons (Fsp3) is 0.111. The lowest BCUT2D eigenvalue weighted by atomic mass is 10.1. The molecule has 0 aliphatic carbocycles. The highest BCUT2D eigenvalue weighted by molar-refractivity contribution is 14.1. The number of methoxy groups -OCH3 is 2. The van der Waals surface area contributed by atoms with Gasteiger partial charge in [-0.25, -0.2) is 0 Å². The average molecular weight is 479 g/mol. The molecule has 2 aromatic rings. The van der Waals surface area contributed by atoms with Crippen LogP contribution in [0, 0.1) is 25.0 Å². The van der Waals surface area contributed by atoms with Gasteiger partial charge in [0.1, 0.15) is 17.3 Å². The quantitative estimate of drug-likeness (QED) is 0.222. The zero-order valence-corrected chi connectivity index (χ0v) is 16.5. The van der Waals surface area contributed by atoms with Gasteiger partial charge in [-0.1, -0.05) is 12.1 Å². The number of anilines is 1. The molecule has 2 rings (SSSR count). The number of hydrogen-bond acceptors (Lipinski definition) is 6. The first-order valence-electron chi connectivity index (χ1n) is 7.49. The third-order valence-corrected chi connectivity index (χ3v) is 4.28. The normalized spacial score (nSPS) is 10.7. The number of halogens is 1. The summed E-state index contributed by atoms with van der Waals surface area (Å²) in [4.78, 5) is 22.8. The van der Waals surface area contributed by atoms with Gasteiger partial charge in [-0.2, -0.15) is 5.26 Å². The number of carbonyl (C=O) groups is 1. The molecule has 9 heteroatoms. The smallest absolute Gasteiger partial charge is 0.292 e. The molecular formula is C18H14IN3O5. The van der Waals surface area contributed by atoms with Crippen molar-refractivity contribution in [2.24, 2.45) is 0 Å². The first-order chi connectivity index (χ1) is 12.9. The molecule has 0 radical (unpaired) electrons. The molecule has 0 atom stereocenters. The lowest BCUT2D eigenvalue weighted by Crippen LogP contribution is -2.14. The van der Waals surface area contributed by atoms with E-state index in [0.717, 1.165) is 3.57 Å². The fourth-order valence-corrected chi connectivity index (χ4v) is 3.11. The Labute approximate surface area is 168 Å². The van der Waals surface area contributed by atoms with Crippen molar-refractivity contribution < 1.29 is 19.2 Å². The lowest BCUT2D eigenvalue weighted by molar-refractivity contribution is -0.383. The standard InChI is InChI=1S/C18H14IN3O5/c1-26-16-9-11(8-13(19)17(16)27-2)7-12(10-20)18(23)21-14-5-3-4-6-15(14)22(24)25/h3-9H,1-2H3,(H,21,23). The number of hydrogen-bond donors (Lipinski definition) is 1. The Hall–Kier alpha value is -3.13. The van der Waals surface area contributed by atoms with E-state index in [1.165, 1.54) is 38.5 Å². The number of nitro groups is 1. The third kappa shape index (κ3) is 4.73. The van der Waals surface area contributed by atoms with Crippen LogP contribution in [0.25, 0.3) is 6.08 Å². The SMILES string of the molecule is COc1cc(C=C(C#N)C(=O)Nc2ccccc2[N+](=O)[O-])cc(I)c1OC. The number of rotatable bonds is 6. The summed E-state index contributed by atoms with van der Waals surface area (Å²) in [5.74, 6) is 0.238. The van der Waals surface area contributed by atoms with Gasteiger partial charge in [-0.15, -0.1) is 0 Å². The van der Waals surface area contributed by atoms with Gasteiger partial charge in [-0.05, 0) is 52.4 Å². The van der Waals surface area contributed by atoms with Gasteiger partial charge in [0.2, 0.25) is 0 Å². The molecule has 0 aliphatic heterocycles. The average Bonchev–Trinajstić information content (AvgIpc) is 2.65. The van der Waals surface area contributed by atoms with Crippen LogP contribution in [0.1, 0.15) is 5.56 Å².